The molecule has 2 bridgehead atoms. The lowest BCUT2D eigenvalue weighted by Crippen LogP contribution is -2.37. The van der Waals surface area contributed by atoms with Crippen molar-refractivity contribution < 1.29 is 27.9 Å². The van der Waals surface area contributed by atoms with Crippen LogP contribution in [0.1, 0.15) is 42.6 Å². The van der Waals surface area contributed by atoms with Crippen LogP contribution in [0, 0.1) is 17.6 Å². The molecule has 7 nitrogen and oxygen atoms in total. The number of hydrogen-bond donors (Lipinski definition) is 1. The number of ether oxygens (including phenoxy) is 1. The molecule has 0 saturated heterocycles. The number of esters is 1. The van der Waals surface area contributed by atoms with Gasteiger partial charge in [0.25, 0.3) is 0 Å². The predicted molar refractivity (Wildman–Crippen MR) is 155 cm³/mol. The maximum atomic E-state index is 14.7. The topological polar surface area (TPSA) is 88.6 Å². The summed E-state index contributed by atoms with van der Waals surface area (Å²) in [5, 5.41) is 2.76. The Hall–Kier alpha value is -4.37. The zero-order chi connectivity index (χ0) is 30.0. The molecule has 3 heterocycles. The first-order valence-corrected chi connectivity index (χ1v) is 13.8. The molecule has 2 amide bonds. The van der Waals surface area contributed by atoms with Crippen molar-refractivity contribution in [2.24, 2.45) is 5.92 Å². The average molecular weight is 592 g/mol. The molecule has 5 rings (SSSR count). The van der Waals surface area contributed by atoms with E-state index in [9.17, 15) is 23.2 Å². The normalized spacial score (nSPS) is 19.5. The van der Waals surface area contributed by atoms with Crippen molar-refractivity contribution in [3.05, 3.63) is 100 Å². The first kappa shape index (κ1) is 29.1. The molecule has 216 valence electrons. The van der Waals surface area contributed by atoms with E-state index in [1.54, 1.807) is 42.3 Å². The molecule has 2 atom stereocenters. The van der Waals surface area contributed by atoms with Crippen LogP contribution in [0.3, 0.4) is 0 Å². The van der Waals surface area contributed by atoms with Gasteiger partial charge in [0.2, 0.25) is 11.8 Å². The number of halogens is 3. The quantitative estimate of drug-likeness (QED) is 0.219. The molecule has 0 radical (unpaired) electrons. The van der Waals surface area contributed by atoms with Crippen molar-refractivity contribution in [2.75, 3.05) is 19.0 Å². The summed E-state index contributed by atoms with van der Waals surface area (Å²) in [4.78, 5) is 44.6. The van der Waals surface area contributed by atoms with E-state index in [1.165, 1.54) is 13.2 Å². The number of benzene rings is 2. The Morgan fingerprint density at radius 3 is 2.74 bits per heavy atom. The van der Waals surface area contributed by atoms with Crippen LogP contribution in [0.2, 0.25) is 5.02 Å². The number of fused-ring (bicyclic) bond motifs is 4. The van der Waals surface area contributed by atoms with Gasteiger partial charge in [-0.25, -0.2) is 8.78 Å². The van der Waals surface area contributed by atoms with Crippen LogP contribution in [-0.4, -0.2) is 41.3 Å². The van der Waals surface area contributed by atoms with Crippen molar-refractivity contribution >= 4 is 40.6 Å². The third-order valence-electron chi connectivity index (χ3n) is 7.49. The van der Waals surface area contributed by atoms with Gasteiger partial charge in [0.15, 0.2) is 5.82 Å². The Labute approximate surface area is 246 Å². The van der Waals surface area contributed by atoms with E-state index in [1.807, 2.05) is 18.2 Å². The lowest BCUT2D eigenvalue weighted by atomic mass is 9.94. The number of aromatic nitrogens is 1. The van der Waals surface area contributed by atoms with E-state index >= 15 is 0 Å². The largest absolute Gasteiger partial charge is 0.469 e. The van der Waals surface area contributed by atoms with Gasteiger partial charge in [0.1, 0.15) is 5.82 Å². The van der Waals surface area contributed by atoms with E-state index < -0.39 is 35.5 Å². The average Bonchev–Trinajstić information content (AvgIpc) is 2.97. The summed E-state index contributed by atoms with van der Waals surface area (Å²) in [5.74, 6) is -3.22. The molecule has 0 saturated carbocycles. The number of rotatable bonds is 4. The van der Waals surface area contributed by atoms with Gasteiger partial charge in [-0.15, -0.1) is 0 Å². The summed E-state index contributed by atoms with van der Waals surface area (Å²) in [6, 6.07) is 10.7. The summed E-state index contributed by atoms with van der Waals surface area (Å²) in [6.45, 7) is 1.96. The van der Waals surface area contributed by atoms with Crippen molar-refractivity contribution in [3.8, 4) is 11.1 Å². The smallest absolute Gasteiger partial charge is 0.309 e. The molecule has 1 aromatic heterocycles. The van der Waals surface area contributed by atoms with Crippen LogP contribution in [0.25, 0.3) is 16.7 Å². The van der Waals surface area contributed by atoms with Gasteiger partial charge < -0.3 is 15.0 Å². The fourth-order valence-corrected chi connectivity index (χ4v) is 5.39. The van der Waals surface area contributed by atoms with Crippen LogP contribution in [0.5, 0.6) is 0 Å². The Kier molecular flexibility index (Phi) is 8.49. The first-order valence-electron chi connectivity index (χ1n) is 13.4. The number of nitrogens with zero attached hydrogens (tertiary/aromatic N) is 2. The van der Waals surface area contributed by atoms with Gasteiger partial charge in [-0.3, -0.25) is 19.4 Å². The standard InChI is InChI=1S/C32H28ClF2N3O4/c1-18-4-3-5-27(38-13-11-21(17-28(38)39)30-24(34)9-8-23(33)31(30)35)26-16-20(10-12-36-26)22-7-6-19(15-29(40)42-2)14-25(22)37-32(18)41/h3-4,6-10,12,14,16-18,27H,5,11,13,15H2,1-2H3,(H,37,41)/b4-3+/t18-,27+/m1/s1. The third kappa shape index (κ3) is 5.97. The van der Waals surface area contributed by atoms with Gasteiger partial charge in [-0.2, -0.15) is 0 Å². The lowest BCUT2D eigenvalue weighted by molar-refractivity contribution is -0.139. The number of pyridine rings is 1. The number of nitrogens with one attached hydrogen (secondary N) is 1. The molecule has 1 N–H and O–H groups in total. The molecule has 2 aliphatic rings. The minimum atomic E-state index is -0.895. The molecule has 0 spiro atoms. The Bertz CT molecular complexity index is 1640. The van der Waals surface area contributed by atoms with Gasteiger partial charge in [0, 0.05) is 30.1 Å². The highest BCUT2D eigenvalue weighted by Crippen LogP contribution is 2.37. The highest BCUT2D eigenvalue weighted by molar-refractivity contribution is 6.31. The second-order valence-corrected chi connectivity index (χ2v) is 10.6. The molecule has 3 aromatic rings. The fourth-order valence-electron chi connectivity index (χ4n) is 5.23. The second kappa shape index (κ2) is 12.2. The monoisotopic (exact) mass is 591 g/mol. The van der Waals surface area contributed by atoms with E-state index in [4.69, 9.17) is 16.3 Å². The minimum Gasteiger partial charge on any atom is -0.469 e. The van der Waals surface area contributed by atoms with Crippen molar-refractivity contribution in [1.29, 1.82) is 0 Å². The van der Waals surface area contributed by atoms with Crippen LogP contribution in [0.15, 0.2) is 66.9 Å². The molecule has 10 heteroatoms. The third-order valence-corrected chi connectivity index (χ3v) is 7.79. The molecule has 0 unspecified atom stereocenters. The summed E-state index contributed by atoms with van der Waals surface area (Å²) < 4.78 is 34.0. The Balaban J connectivity index is 1.54. The van der Waals surface area contributed by atoms with E-state index in [0.717, 1.165) is 23.3 Å². The number of hydrogen-bond acceptors (Lipinski definition) is 5. The molecule has 0 aliphatic carbocycles. The van der Waals surface area contributed by atoms with Crippen LogP contribution >= 0.6 is 11.6 Å². The fraction of sp³-hybridized carbons (Fsp3) is 0.250. The molecule has 2 aromatic carbocycles. The van der Waals surface area contributed by atoms with Crippen molar-refractivity contribution in [3.63, 3.8) is 0 Å². The number of methoxy groups -OCH3 is 1. The van der Waals surface area contributed by atoms with Gasteiger partial charge >= 0.3 is 5.97 Å². The lowest BCUT2D eigenvalue weighted by Gasteiger charge is -2.34. The number of amides is 2. The molecular weight excluding hydrogens is 564 g/mol. The van der Waals surface area contributed by atoms with Crippen LogP contribution in [0.4, 0.5) is 14.5 Å². The Morgan fingerprint density at radius 2 is 1.98 bits per heavy atom. The van der Waals surface area contributed by atoms with Crippen LogP contribution in [-0.2, 0) is 25.5 Å². The van der Waals surface area contributed by atoms with Crippen molar-refractivity contribution in [1.82, 2.24) is 9.88 Å². The van der Waals surface area contributed by atoms with E-state index in [-0.39, 0.29) is 41.5 Å². The second-order valence-electron chi connectivity index (χ2n) is 10.2. The molecular formula is C32H28ClF2N3O4. The van der Waals surface area contributed by atoms with Gasteiger partial charge in [0.05, 0.1) is 41.8 Å². The van der Waals surface area contributed by atoms with E-state index in [0.29, 0.717) is 23.4 Å². The highest BCUT2D eigenvalue weighted by atomic mass is 35.5. The maximum Gasteiger partial charge on any atom is 0.309 e. The molecule has 0 fully saturated rings. The first-order chi connectivity index (χ1) is 20.2. The Morgan fingerprint density at radius 1 is 1.17 bits per heavy atom. The number of carbonyl (C=O) groups excluding carboxylic acids is 3. The SMILES string of the molecule is COC(=O)Cc1ccc2c(c1)NC(=O)[C@H](C)/C=C/C[C@H](N1CCC(c3c(F)ccc(Cl)c3F)=CC1=O)c1cc-2ccn1. The molecule has 2 aliphatic heterocycles. The molecule has 42 heavy (non-hydrogen) atoms. The summed E-state index contributed by atoms with van der Waals surface area (Å²) in [6.07, 6.45) is 7.11. The van der Waals surface area contributed by atoms with Gasteiger partial charge in [-0.1, -0.05) is 42.8 Å². The van der Waals surface area contributed by atoms with E-state index in [2.05, 4.69) is 10.3 Å². The zero-order valence-electron chi connectivity index (χ0n) is 23.0. The number of carbonyl (C=O) groups is 3. The highest BCUT2D eigenvalue weighted by Gasteiger charge is 2.30. The zero-order valence-corrected chi connectivity index (χ0v) is 23.8. The van der Waals surface area contributed by atoms with Crippen LogP contribution < -0.4 is 5.32 Å². The summed E-state index contributed by atoms with van der Waals surface area (Å²) in [7, 11) is 1.32. The predicted octanol–water partition coefficient (Wildman–Crippen LogP) is 6.29. The van der Waals surface area contributed by atoms with Gasteiger partial charge in [-0.05, 0) is 59.9 Å². The summed E-state index contributed by atoms with van der Waals surface area (Å²) >= 11 is 5.88. The summed E-state index contributed by atoms with van der Waals surface area (Å²) in [5.41, 5.74) is 3.24. The number of anilines is 1. The maximum absolute atomic E-state index is 14.7. The minimum absolute atomic E-state index is 0.0499. The van der Waals surface area contributed by atoms with Crippen molar-refractivity contribution in [2.45, 2.75) is 32.2 Å².